The maximum atomic E-state index is 12.5. The van der Waals surface area contributed by atoms with Crippen LogP contribution in [-0.2, 0) is 13.1 Å². The predicted molar refractivity (Wildman–Crippen MR) is 111 cm³/mol. The number of carbonyl (C=O) groups is 1. The summed E-state index contributed by atoms with van der Waals surface area (Å²) in [6.45, 7) is 3.29. The van der Waals surface area contributed by atoms with Crippen LogP contribution in [0.2, 0.25) is 0 Å². The molecule has 0 aliphatic carbocycles. The summed E-state index contributed by atoms with van der Waals surface area (Å²) in [5.74, 6) is 0.753. The highest BCUT2D eigenvalue weighted by molar-refractivity contribution is 7.99. The predicted octanol–water partition coefficient (Wildman–Crippen LogP) is 4.53. The summed E-state index contributed by atoms with van der Waals surface area (Å²) in [4.78, 5) is 22.5. The average Bonchev–Trinajstić information content (AvgIpc) is 3.11. The lowest BCUT2D eigenvalue weighted by Gasteiger charge is -2.08. The van der Waals surface area contributed by atoms with Crippen LogP contribution in [0.1, 0.15) is 23.1 Å². The van der Waals surface area contributed by atoms with Gasteiger partial charge in [0.15, 0.2) is 0 Å². The van der Waals surface area contributed by atoms with Crippen molar-refractivity contribution in [2.75, 3.05) is 0 Å². The Balaban J connectivity index is 1.43. The Morgan fingerprint density at radius 2 is 1.82 bits per heavy atom. The van der Waals surface area contributed by atoms with Gasteiger partial charge in [0.2, 0.25) is 0 Å². The third-order valence-electron chi connectivity index (χ3n) is 4.43. The van der Waals surface area contributed by atoms with Crippen LogP contribution in [0.4, 0.5) is 0 Å². The Morgan fingerprint density at radius 3 is 2.57 bits per heavy atom. The second-order valence-corrected chi connectivity index (χ2v) is 7.33. The zero-order chi connectivity index (χ0) is 19.3. The number of fused-ring (bicyclic) bond motifs is 1. The number of benzene rings is 2. The molecule has 6 heteroatoms. The first-order valence-electron chi connectivity index (χ1n) is 9.16. The summed E-state index contributed by atoms with van der Waals surface area (Å²) >= 11 is 1.57. The number of imidazole rings is 1. The van der Waals surface area contributed by atoms with Gasteiger partial charge in [-0.15, -0.1) is 0 Å². The molecule has 0 spiro atoms. The molecular weight excluding hydrogens is 368 g/mol. The van der Waals surface area contributed by atoms with Crippen molar-refractivity contribution < 1.29 is 4.79 Å². The fourth-order valence-corrected chi connectivity index (χ4v) is 3.85. The van der Waals surface area contributed by atoms with Crippen molar-refractivity contribution >= 4 is 28.7 Å². The second-order valence-electron chi connectivity index (χ2n) is 6.24. The number of rotatable bonds is 6. The van der Waals surface area contributed by atoms with E-state index in [4.69, 9.17) is 0 Å². The smallest absolute Gasteiger partial charge is 0.251 e. The third kappa shape index (κ3) is 3.92. The van der Waals surface area contributed by atoms with Crippen LogP contribution < -0.4 is 5.32 Å². The van der Waals surface area contributed by atoms with Crippen molar-refractivity contribution in [2.45, 2.75) is 29.9 Å². The molecule has 4 rings (SSSR count). The SMILES string of the molecule is CCn1c(CNC(=O)c2ccc(Sc3ccccn3)cc2)nc2ccccc21. The fraction of sp³-hybridized carbons (Fsp3) is 0.136. The summed E-state index contributed by atoms with van der Waals surface area (Å²) in [6, 6.07) is 21.4. The van der Waals surface area contributed by atoms with Crippen LogP contribution in [0, 0.1) is 0 Å². The van der Waals surface area contributed by atoms with Crippen molar-refractivity contribution in [2.24, 2.45) is 0 Å². The summed E-state index contributed by atoms with van der Waals surface area (Å²) in [7, 11) is 0. The number of hydrogen-bond acceptors (Lipinski definition) is 4. The molecule has 28 heavy (non-hydrogen) atoms. The van der Waals surface area contributed by atoms with Crippen molar-refractivity contribution in [1.29, 1.82) is 0 Å². The number of pyridine rings is 1. The number of aromatic nitrogens is 3. The zero-order valence-electron chi connectivity index (χ0n) is 15.5. The lowest BCUT2D eigenvalue weighted by molar-refractivity contribution is 0.0949. The van der Waals surface area contributed by atoms with Gasteiger partial charge in [0.25, 0.3) is 5.91 Å². The molecule has 0 atom stereocenters. The first-order chi connectivity index (χ1) is 13.7. The molecule has 0 aliphatic rings. The van der Waals surface area contributed by atoms with Gasteiger partial charge < -0.3 is 9.88 Å². The van der Waals surface area contributed by atoms with E-state index in [9.17, 15) is 4.79 Å². The summed E-state index contributed by atoms with van der Waals surface area (Å²) in [5.41, 5.74) is 2.67. The molecular formula is C22H20N4OS. The van der Waals surface area contributed by atoms with Gasteiger partial charge in [-0.2, -0.15) is 0 Å². The van der Waals surface area contributed by atoms with E-state index >= 15 is 0 Å². The largest absolute Gasteiger partial charge is 0.345 e. The molecule has 0 radical (unpaired) electrons. The first kappa shape index (κ1) is 18.3. The van der Waals surface area contributed by atoms with E-state index in [2.05, 4.69) is 32.8 Å². The normalized spacial score (nSPS) is 10.9. The minimum absolute atomic E-state index is 0.107. The van der Waals surface area contributed by atoms with E-state index in [1.54, 1.807) is 18.0 Å². The highest BCUT2D eigenvalue weighted by atomic mass is 32.2. The van der Waals surface area contributed by atoms with Crippen molar-refractivity contribution in [3.63, 3.8) is 0 Å². The van der Waals surface area contributed by atoms with Gasteiger partial charge in [-0.25, -0.2) is 9.97 Å². The number of nitrogens with zero attached hydrogens (tertiary/aromatic N) is 3. The van der Waals surface area contributed by atoms with E-state index in [1.807, 2.05) is 60.7 Å². The van der Waals surface area contributed by atoms with Crippen molar-refractivity contribution in [1.82, 2.24) is 19.9 Å². The summed E-state index contributed by atoms with van der Waals surface area (Å²) in [5, 5.41) is 3.91. The molecule has 1 N–H and O–H groups in total. The molecule has 0 aliphatic heterocycles. The lowest BCUT2D eigenvalue weighted by atomic mass is 10.2. The molecule has 4 aromatic rings. The van der Waals surface area contributed by atoms with E-state index in [0.29, 0.717) is 12.1 Å². The van der Waals surface area contributed by atoms with Gasteiger partial charge in [-0.05, 0) is 55.5 Å². The van der Waals surface area contributed by atoms with Crippen LogP contribution in [0.15, 0.2) is 82.8 Å². The van der Waals surface area contributed by atoms with Gasteiger partial charge in [0.1, 0.15) is 10.9 Å². The minimum atomic E-state index is -0.107. The van der Waals surface area contributed by atoms with E-state index in [-0.39, 0.29) is 5.91 Å². The Kier molecular flexibility index (Phi) is 5.39. The monoisotopic (exact) mass is 388 g/mol. The fourth-order valence-electron chi connectivity index (χ4n) is 3.08. The van der Waals surface area contributed by atoms with Gasteiger partial charge in [-0.3, -0.25) is 4.79 Å². The number of para-hydroxylation sites is 2. The first-order valence-corrected chi connectivity index (χ1v) is 9.97. The average molecular weight is 388 g/mol. The number of aryl methyl sites for hydroxylation is 1. The second kappa shape index (κ2) is 8.27. The molecule has 2 aromatic carbocycles. The van der Waals surface area contributed by atoms with Crippen LogP contribution in [0.3, 0.4) is 0 Å². The van der Waals surface area contributed by atoms with Gasteiger partial charge >= 0.3 is 0 Å². The molecule has 2 aromatic heterocycles. The highest BCUT2D eigenvalue weighted by Crippen LogP contribution is 2.25. The maximum Gasteiger partial charge on any atom is 0.251 e. The molecule has 140 valence electrons. The van der Waals surface area contributed by atoms with Crippen LogP contribution in [-0.4, -0.2) is 20.4 Å². The molecule has 0 saturated carbocycles. The van der Waals surface area contributed by atoms with E-state index in [0.717, 1.165) is 33.3 Å². The Morgan fingerprint density at radius 1 is 1.04 bits per heavy atom. The third-order valence-corrected chi connectivity index (χ3v) is 5.39. The van der Waals surface area contributed by atoms with Gasteiger partial charge in [0, 0.05) is 23.2 Å². The standard InChI is InChI=1S/C22H20N4OS/c1-2-26-19-8-4-3-7-18(19)25-20(26)15-24-22(27)16-10-12-17(13-11-16)28-21-9-5-6-14-23-21/h3-14H,2,15H2,1H3,(H,24,27). The highest BCUT2D eigenvalue weighted by Gasteiger charge is 2.11. The summed E-state index contributed by atoms with van der Waals surface area (Å²) < 4.78 is 2.13. The topological polar surface area (TPSA) is 59.8 Å². The molecule has 0 saturated heterocycles. The molecule has 0 fully saturated rings. The molecule has 1 amide bonds. The Bertz CT molecular complexity index is 1090. The number of hydrogen-bond donors (Lipinski definition) is 1. The quantitative estimate of drug-likeness (QED) is 0.527. The summed E-state index contributed by atoms with van der Waals surface area (Å²) in [6.07, 6.45) is 1.77. The number of nitrogens with one attached hydrogen (secondary N) is 1. The molecule has 0 unspecified atom stereocenters. The van der Waals surface area contributed by atoms with Crippen molar-refractivity contribution in [3.05, 3.63) is 84.3 Å². The lowest BCUT2D eigenvalue weighted by Crippen LogP contribution is -2.24. The van der Waals surface area contributed by atoms with Crippen LogP contribution in [0.25, 0.3) is 11.0 Å². The van der Waals surface area contributed by atoms with E-state index in [1.165, 1.54) is 0 Å². The van der Waals surface area contributed by atoms with Gasteiger partial charge in [0.05, 0.1) is 17.6 Å². The molecule has 2 heterocycles. The zero-order valence-corrected chi connectivity index (χ0v) is 16.3. The Labute approximate surface area is 167 Å². The Hall–Kier alpha value is -3.12. The molecule has 0 bridgehead atoms. The van der Waals surface area contributed by atoms with Crippen LogP contribution in [0.5, 0.6) is 0 Å². The van der Waals surface area contributed by atoms with Crippen LogP contribution >= 0.6 is 11.8 Å². The number of amides is 1. The minimum Gasteiger partial charge on any atom is -0.345 e. The molecule has 5 nitrogen and oxygen atoms in total. The van der Waals surface area contributed by atoms with Crippen molar-refractivity contribution in [3.8, 4) is 0 Å². The van der Waals surface area contributed by atoms with Gasteiger partial charge in [-0.1, -0.05) is 30.0 Å². The van der Waals surface area contributed by atoms with E-state index < -0.39 is 0 Å². The number of carbonyl (C=O) groups excluding carboxylic acids is 1. The maximum absolute atomic E-state index is 12.5.